The van der Waals surface area contributed by atoms with E-state index in [0.717, 1.165) is 55.5 Å². The first-order valence-corrected chi connectivity index (χ1v) is 16.0. The van der Waals surface area contributed by atoms with E-state index in [9.17, 15) is 0 Å². The third-order valence-corrected chi connectivity index (χ3v) is 8.61. The van der Waals surface area contributed by atoms with Crippen molar-refractivity contribution >= 4 is 43.5 Å². The average molecular weight is 804 g/mol. The molecule has 0 fully saturated rings. The van der Waals surface area contributed by atoms with Crippen LogP contribution in [-0.2, 0) is 30.9 Å². The predicted octanol–water partition coefficient (Wildman–Crippen LogP) is 11.3. The van der Waals surface area contributed by atoms with Crippen LogP contribution < -0.4 is 0 Å². The molecule has 0 saturated heterocycles. The Morgan fingerprint density at radius 1 is 0.583 bits per heavy atom. The van der Waals surface area contributed by atoms with E-state index in [0.29, 0.717) is 0 Å². The van der Waals surface area contributed by atoms with Gasteiger partial charge in [0.15, 0.2) is 0 Å². The molecule has 4 nitrogen and oxygen atoms in total. The van der Waals surface area contributed by atoms with Gasteiger partial charge in [0.05, 0.1) is 5.58 Å². The summed E-state index contributed by atoms with van der Waals surface area (Å²) in [6.07, 6.45) is 3.59. The van der Waals surface area contributed by atoms with E-state index in [1.54, 1.807) is 6.33 Å². The molecule has 3 aromatic heterocycles. The van der Waals surface area contributed by atoms with Crippen molar-refractivity contribution in [3.05, 3.63) is 139 Å². The smallest absolute Gasteiger partial charge is 0.129 e. The van der Waals surface area contributed by atoms with E-state index < -0.39 is 0 Å². The second kappa shape index (κ2) is 13.1. The standard InChI is InChI=1S/C28H21N2O.C15H16N.Ir/c1-28(2,3)24-15-23(29-16-30-24)22-10-6-9-20-21-14-13-18-12-11-17-7-4-5-8-19(17)25(18)27(21)31-26(20)22;1-15(2,3)13-9-10-14(16-11-13)12-7-5-4-6-8-12;/h4-9,11-16H,1-3H3;4-7,9-11H,1-3H3;/q2*-1;. The third-order valence-electron chi connectivity index (χ3n) is 8.61. The third kappa shape index (κ3) is 6.41. The van der Waals surface area contributed by atoms with Crippen LogP contribution in [0, 0.1) is 12.1 Å². The van der Waals surface area contributed by atoms with E-state index in [2.05, 4.69) is 135 Å². The van der Waals surface area contributed by atoms with Crippen molar-refractivity contribution < 1.29 is 24.5 Å². The molecule has 5 aromatic carbocycles. The number of pyridine rings is 1. The minimum Gasteiger partial charge on any atom is -0.500 e. The molecule has 0 aliphatic rings. The van der Waals surface area contributed by atoms with Crippen LogP contribution in [0.25, 0.3) is 66.0 Å². The van der Waals surface area contributed by atoms with Gasteiger partial charge in [-0.1, -0.05) is 119 Å². The first kappa shape index (κ1) is 33.2. The summed E-state index contributed by atoms with van der Waals surface area (Å²) in [5.74, 6) is 0. The number of benzene rings is 5. The maximum atomic E-state index is 6.59. The Kier molecular flexibility index (Phi) is 9.04. The monoisotopic (exact) mass is 804 g/mol. The summed E-state index contributed by atoms with van der Waals surface area (Å²) in [4.78, 5) is 13.5. The predicted molar refractivity (Wildman–Crippen MR) is 195 cm³/mol. The normalized spacial score (nSPS) is 11.8. The fourth-order valence-electron chi connectivity index (χ4n) is 5.93. The van der Waals surface area contributed by atoms with Crippen LogP contribution in [0.1, 0.15) is 52.8 Å². The fourth-order valence-corrected chi connectivity index (χ4v) is 5.93. The Bertz CT molecular complexity index is 2360. The fraction of sp³-hybridized carbons (Fsp3) is 0.186. The van der Waals surface area contributed by atoms with Crippen LogP contribution >= 0.6 is 0 Å². The molecule has 5 heteroatoms. The first-order valence-electron chi connectivity index (χ1n) is 16.0. The molecule has 0 N–H and O–H groups in total. The van der Waals surface area contributed by atoms with Crippen molar-refractivity contribution in [2.24, 2.45) is 0 Å². The van der Waals surface area contributed by atoms with Crippen LogP contribution in [0.4, 0.5) is 0 Å². The zero-order valence-corrected chi connectivity index (χ0v) is 30.4. The molecular formula is C43H37IrN3O-2. The van der Waals surface area contributed by atoms with Gasteiger partial charge in [0, 0.05) is 48.2 Å². The van der Waals surface area contributed by atoms with Crippen molar-refractivity contribution in [3.63, 3.8) is 0 Å². The van der Waals surface area contributed by atoms with Crippen LogP contribution in [0.15, 0.2) is 120 Å². The van der Waals surface area contributed by atoms with Gasteiger partial charge in [0.25, 0.3) is 0 Å². The molecule has 0 aliphatic heterocycles. The number of hydrogen-bond acceptors (Lipinski definition) is 4. The Balaban J connectivity index is 0.000000201. The number of aromatic nitrogens is 3. The SMILES string of the molecule is CC(C)(C)c1cc(-c2[c-]ccc3c2oc2c3ccc3ccc4ccccc4c32)ncn1.CC(C)(C)c1ccc(-c2[c-]cccc2)nc1.[Ir]. The number of fused-ring (bicyclic) bond motifs is 7. The number of rotatable bonds is 2. The molecule has 0 bridgehead atoms. The Hall–Kier alpha value is -4.70. The molecule has 241 valence electrons. The average Bonchev–Trinajstić information content (AvgIpc) is 3.47. The quantitative estimate of drug-likeness (QED) is 0.129. The van der Waals surface area contributed by atoms with Gasteiger partial charge in [-0.3, -0.25) is 4.98 Å². The second-order valence-corrected chi connectivity index (χ2v) is 14.0. The molecule has 8 rings (SSSR count). The molecule has 8 aromatic rings. The minimum absolute atomic E-state index is 0. The maximum absolute atomic E-state index is 6.59. The summed E-state index contributed by atoms with van der Waals surface area (Å²) >= 11 is 0. The van der Waals surface area contributed by atoms with Gasteiger partial charge < -0.3 is 9.40 Å². The topological polar surface area (TPSA) is 51.8 Å². The molecule has 0 saturated carbocycles. The molecule has 0 unspecified atom stereocenters. The van der Waals surface area contributed by atoms with Crippen LogP contribution in [-0.4, -0.2) is 15.0 Å². The van der Waals surface area contributed by atoms with Gasteiger partial charge >= 0.3 is 0 Å². The van der Waals surface area contributed by atoms with Crippen LogP contribution in [0.5, 0.6) is 0 Å². The zero-order valence-electron chi connectivity index (χ0n) is 28.1. The van der Waals surface area contributed by atoms with Crippen molar-refractivity contribution in [2.75, 3.05) is 0 Å². The van der Waals surface area contributed by atoms with Gasteiger partial charge in [-0.25, -0.2) is 4.98 Å². The van der Waals surface area contributed by atoms with E-state index in [1.807, 2.05) is 42.6 Å². The summed E-state index contributed by atoms with van der Waals surface area (Å²) < 4.78 is 6.59. The number of nitrogens with zero attached hydrogens (tertiary/aromatic N) is 3. The Morgan fingerprint density at radius 2 is 1.33 bits per heavy atom. The minimum atomic E-state index is -0.0609. The molecule has 0 amide bonds. The largest absolute Gasteiger partial charge is 0.500 e. The van der Waals surface area contributed by atoms with Gasteiger partial charge in [0.1, 0.15) is 11.9 Å². The molecule has 3 heterocycles. The van der Waals surface area contributed by atoms with Crippen LogP contribution in [0.3, 0.4) is 0 Å². The van der Waals surface area contributed by atoms with Gasteiger partial charge in [-0.15, -0.1) is 54.1 Å². The Morgan fingerprint density at radius 3 is 2.06 bits per heavy atom. The van der Waals surface area contributed by atoms with E-state index in [4.69, 9.17) is 4.42 Å². The number of hydrogen-bond donors (Lipinski definition) is 0. The summed E-state index contributed by atoms with van der Waals surface area (Å²) in [6.45, 7) is 13.0. The summed E-state index contributed by atoms with van der Waals surface area (Å²) in [6, 6.07) is 41.9. The summed E-state index contributed by atoms with van der Waals surface area (Å²) in [5.41, 5.74) is 7.81. The van der Waals surface area contributed by atoms with Gasteiger partial charge in [-0.2, -0.15) is 0 Å². The van der Waals surface area contributed by atoms with Crippen molar-refractivity contribution in [1.29, 1.82) is 0 Å². The maximum Gasteiger partial charge on any atom is 0.129 e. The molecule has 1 radical (unpaired) electrons. The van der Waals surface area contributed by atoms with Crippen molar-refractivity contribution in [1.82, 2.24) is 15.0 Å². The molecule has 0 spiro atoms. The molecular weight excluding hydrogens is 767 g/mol. The van der Waals surface area contributed by atoms with Crippen molar-refractivity contribution in [2.45, 2.75) is 52.4 Å². The zero-order chi connectivity index (χ0) is 32.8. The molecule has 0 aliphatic carbocycles. The van der Waals surface area contributed by atoms with Crippen molar-refractivity contribution in [3.8, 4) is 22.5 Å². The van der Waals surface area contributed by atoms with E-state index in [-0.39, 0.29) is 30.9 Å². The van der Waals surface area contributed by atoms with E-state index in [1.165, 1.54) is 21.7 Å². The van der Waals surface area contributed by atoms with Gasteiger partial charge in [0.2, 0.25) is 0 Å². The summed E-state index contributed by atoms with van der Waals surface area (Å²) in [7, 11) is 0. The first-order chi connectivity index (χ1) is 22.6. The Labute approximate surface area is 295 Å². The van der Waals surface area contributed by atoms with Crippen LogP contribution in [0.2, 0.25) is 0 Å². The summed E-state index contributed by atoms with van der Waals surface area (Å²) in [5, 5.41) is 6.92. The molecule has 0 atom stereocenters. The second-order valence-electron chi connectivity index (χ2n) is 14.0. The number of furan rings is 1. The molecule has 48 heavy (non-hydrogen) atoms. The van der Waals surface area contributed by atoms with E-state index >= 15 is 0 Å². The van der Waals surface area contributed by atoms with Gasteiger partial charge in [-0.05, 0) is 38.5 Å².